The second-order valence-electron chi connectivity index (χ2n) is 6.74. The van der Waals surface area contributed by atoms with Gasteiger partial charge in [-0.1, -0.05) is 23.7 Å². The van der Waals surface area contributed by atoms with Crippen molar-refractivity contribution in [3.05, 3.63) is 75.9 Å². The number of thiazole rings is 1. The predicted octanol–water partition coefficient (Wildman–Crippen LogP) is 4.79. The van der Waals surface area contributed by atoms with Gasteiger partial charge in [-0.15, -0.1) is 11.3 Å². The van der Waals surface area contributed by atoms with Gasteiger partial charge in [-0.3, -0.25) is 4.79 Å². The maximum Gasteiger partial charge on any atom is 0.250 e. The fraction of sp³-hybridized carbons (Fsp3) is 0.136. The summed E-state index contributed by atoms with van der Waals surface area (Å²) in [5.74, 6) is 0.0843. The first kappa shape index (κ1) is 20.1. The lowest BCUT2D eigenvalue weighted by molar-refractivity contribution is 0.0999. The van der Waals surface area contributed by atoms with Gasteiger partial charge in [0.2, 0.25) is 5.88 Å². The van der Waals surface area contributed by atoms with Gasteiger partial charge in [-0.05, 0) is 36.8 Å². The van der Waals surface area contributed by atoms with Crippen molar-refractivity contribution >= 4 is 28.8 Å². The molecular formula is C22H19ClN4O2S. The number of nitrogens with zero attached hydrogens (tertiary/aromatic N) is 3. The molecule has 0 radical (unpaired) electrons. The van der Waals surface area contributed by atoms with E-state index in [-0.39, 0.29) is 0 Å². The average Bonchev–Trinajstić information content (AvgIpc) is 3.34. The lowest BCUT2D eigenvalue weighted by Crippen LogP contribution is -2.12. The number of carbonyl (C=O) groups is 1. The average molecular weight is 439 g/mol. The highest BCUT2D eigenvalue weighted by atomic mass is 35.5. The second kappa shape index (κ2) is 8.30. The Bertz CT molecular complexity index is 1210. The van der Waals surface area contributed by atoms with Gasteiger partial charge in [0, 0.05) is 40.5 Å². The number of hydrogen-bond donors (Lipinski definition) is 1. The molecule has 0 aliphatic carbocycles. The fourth-order valence-electron chi connectivity index (χ4n) is 3.28. The van der Waals surface area contributed by atoms with Gasteiger partial charge in [-0.25, -0.2) is 9.97 Å². The van der Waals surface area contributed by atoms with Crippen LogP contribution >= 0.6 is 22.9 Å². The predicted molar refractivity (Wildman–Crippen MR) is 119 cm³/mol. The van der Waals surface area contributed by atoms with E-state index >= 15 is 0 Å². The number of aromatic nitrogens is 3. The summed E-state index contributed by atoms with van der Waals surface area (Å²) < 4.78 is 7.15. The molecular weight excluding hydrogens is 420 g/mol. The molecule has 4 aromatic rings. The normalized spacial score (nSPS) is 10.9. The van der Waals surface area contributed by atoms with E-state index in [9.17, 15) is 4.79 Å². The lowest BCUT2D eigenvalue weighted by Gasteiger charge is -2.11. The number of pyridine rings is 1. The van der Waals surface area contributed by atoms with Gasteiger partial charge >= 0.3 is 0 Å². The topological polar surface area (TPSA) is 83.0 Å². The zero-order valence-corrected chi connectivity index (χ0v) is 18.0. The van der Waals surface area contributed by atoms with Crippen LogP contribution in [0.5, 0.6) is 5.88 Å². The first-order chi connectivity index (χ1) is 14.5. The summed E-state index contributed by atoms with van der Waals surface area (Å²) in [7, 11) is 1.58. The van der Waals surface area contributed by atoms with E-state index in [1.165, 1.54) is 11.3 Å². The number of halogens is 1. The molecule has 1 aromatic carbocycles. The summed E-state index contributed by atoms with van der Waals surface area (Å²) in [5, 5.41) is 3.46. The number of benzene rings is 1. The Morgan fingerprint density at radius 2 is 2.10 bits per heavy atom. The molecule has 0 unspecified atom stereocenters. The number of carbonyl (C=O) groups excluding carboxylic acids is 1. The monoisotopic (exact) mass is 438 g/mol. The first-order valence-corrected chi connectivity index (χ1v) is 10.4. The standard InChI is InChI=1S/C22H19ClN4O2S/c1-13-17(21(24)28)9-19(27(13)11-14-4-3-5-16(23)8-14)18-12-30-22(26-18)15-6-7-20(29-2)25-10-15/h3-10,12H,11H2,1-2H3,(H2,24,28). The Labute approximate surface area is 182 Å². The second-order valence-corrected chi connectivity index (χ2v) is 8.03. The Morgan fingerprint density at radius 1 is 1.27 bits per heavy atom. The number of primary amides is 1. The molecule has 152 valence electrons. The molecule has 1 amide bonds. The smallest absolute Gasteiger partial charge is 0.250 e. The molecule has 8 heteroatoms. The Morgan fingerprint density at radius 3 is 2.77 bits per heavy atom. The zero-order chi connectivity index (χ0) is 21.3. The first-order valence-electron chi connectivity index (χ1n) is 9.17. The largest absolute Gasteiger partial charge is 0.481 e. The van der Waals surface area contributed by atoms with Gasteiger partial charge in [0.25, 0.3) is 5.91 Å². The number of amides is 1. The van der Waals surface area contributed by atoms with Crippen LogP contribution in [-0.4, -0.2) is 27.6 Å². The van der Waals surface area contributed by atoms with Crippen molar-refractivity contribution in [3.63, 3.8) is 0 Å². The van der Waals surface area contributed by atoms with Crippen LogP contribution in [0.1, 0.15) is 21.6 Å². The highest BCUT2D eigenvalue weighted by Gasteiger charge is 2.19. The molecule has 6 nitrogen and oxygen atoms in total. The van der Waals surface area contributed by atoms with Crippen molar-refractivity contribution in [1.82, 2.24) is 14.5 Å². The molecule has 0 atom stereocenters. The van der Waals surface area contributed by atoms with Gasteiger partial charge < -0.3 is 15.0 Å². The number of ether oxygens (including phenoxy) is 1. The number of hydrogen-bond acceptors (Lipinski definition) is 5. The number of methoxy groups -OCH3 is 1. The summed E-state index contributed by atoms with van der Waals surface area (Å²) in [6.07, 6.45) is 1.73. The van der Waals surface area contributed by atoms with Crippen LogP contribution in [0.25, 0.3) is 22.0 Å². The molecule has 3 heterocycles. The van der Waals surface area contributed by atoms with E-state index in [2.05, 4.69) is 4.98 Å². The number of rotatable bonds is 6. The summed E-state index contributed by atoms with van der Waals surface area (Å²) in [6, 6.07) is 13.2. The van der Waals surface area contributed by atoms with Crippen LogP contribution in [0, 0.1) is 6.92 Å². The van der Waals surface area contributed by atoms with Crippen LogP contribution in [0.15, 0.2) is 54.0 Å². The van der Waals surface area contributed by atoms with Crippen molar-refractivity contribution < 1.29 is 9.53 Å². The van der Waals surface area contributed by atoms with E-state index in [0.29, 0.717) is 23.0 Å². The van der Waals surface area contributed by atoms with Gasteiger partial charge in [0.1, 0.15) is 5.01 Å². The Kier molecular flexibility index (Phi) is 5.57. The van der Waals surface area contributed by atoms with Crippen LogP contribution in [-0.2, 0) is 6.54 Å². The van der Waals surface area contributed by atoms with Gasteiger partial charge in [0.05, 0.1) is 24.1 Å². The van der Waals surface area contributed by atoms with Crippen molar-refractivity contribution in [2.75, 3.05) is 7.11 Å². The van der Waals surface area contributed by atoms with Crippen LogP contribution < -0.4 is 10.5 Å². The van der Waals surface area contributed by atoms with E-state index < -0.39 is 5.91 Å². The minimum Gasteiger partial charge on any atom is -0.481 e. The maximum atomic E-state index is 12.0. The quantitative estimate of drug-likeness (QED) is 0.469. The van der Waals surface area contributed by atoms with Gasteiger partial charge in [-0.2, -0.15) is 0 Å². The maximum absolute atomic E-state index is 12.0. The molecule has 0 bridgehead atoms. The van der Waals surface area contributed by atoms with Crippen LogP contribution in [0.4, 0.5) is 0 Å². The molecule has 30 heavy (non-hydrogen) atoms. The minimum atomic E-state index is -0.464. The Hall–Kier alpha value is -3.16. The van der Waals surface area contributed by atoms with Crippen LogP contribution in [0.2, 0.25) is 5.02 Å². The summed E-state index contributed by atoms with van der Waals surface area (Å²) >= 11 is 7.66. The third-order valence-electron chi connectivity index (χ3n) is 4.82. The highest BCUT2D eigenvalue weighted by molar-refractivity contribution is 7.13. The van der Waals surface area contributed by atoms with Crippen molar-refractivity contribution in [3.8, 4) is 27.8 Å². The van der Waals surface area contributed by atoms with E-state index in [1.807, 2.05) is 47.2 Å². The van der Waals surface area contributed by atoms with Gasteiger partial charge in [0.15, 0.2) is 0 Å². The molecule has 0 saturated carbocycles. The summed E-state index contributed by atoms with van der Waals surface area (Å²) in [6.45, 7) is 2.43. The molecule has 0 fully saturated rings. The van der Waals surface area contributed by atoms with Crippen LogP contribution in [0.3, 0.4) is 0 Å². The van der Waals surface area contributed by atoms with Crippen molar-refractivity contribution in [1.29, 1.82) is 0 Å². The highest BCUT2D eigenvalue weighted by Crippen LogP contribution is 2.32. The van der Waals surface area contributed by atoms with E-state index in [4.69, 9.17) is 27.1 Å². The molecule has 3 aromatic heterocycles. The summed E-state index contributed by atoms with van der Waals surface area (Å²) in [5.41, 5.74) is 10.4. The SMILES string of the molecule is COc1ccc(-c2nc(-c3cc(C(N)=O)c(C)n3Cc3cccc(Cl)c3)cs2)cn1. The third kappa shape index (κ3) is 3.94. The molecule has 0 spiro atoms. The molecule has 0 aliphatic heterocycles. The molecule has 2 N–H and O–H groups in total. The van der Waals surface area contributed by atoms with E-state index in [0.717, 1.165) is 33.2 Å². The Balaban J connectivity index is 1.75. The lowest BCUT2D eigenvalue weighted by atomic mass is 10.2. The van der Waals surface area contributed by atoms with Crippen molar-refractivity contribution in [2.45, 2.75) is 13.5 Å². The summed E-state index contributed by atoms with van der Waals surface area (Å²) in [4.78, 5) is 21.0. The third-order valence-corrected chi connectivity index (χ3v) is 5.95. The minimum absolute atomic E-state index is 0.464. The fourth-order valence-corrected chi connectivity index (χ4v) is 4.30. The molecule has 0 aliphatic rings. The van der Waals surface area contributed by atoms with Crippen molar-refractivity contribution in [2.24, 2.45) is 5.73 Å². The molecule has 4 rings (SSSR count). The molecule has 0 saturated heterocycles. The van der Waals surface area contributed by atoms with E-state index in [1.54, 1.807) is 25.4 Å². The number of nitrogens with two attached hydrogens (primary N) is 1. The zero-order valence-electron chi connectivity index (χ0n) is 16.4.